The van der Waals surface area contributed by atoms with Crippen molar-refractivity contribution in [3.8, 4) is 0 Å². The third-order valence-corrected chi connectivity index (χ3v) is 3.14. The third kappa shape index (κ3) is 3.40. The van der Waals surface area contributed by atoms with Gasteiger partial charge in [-0.15, -0.1) is 11.8 Å². The summed E-state index contributed by atoms with van der Waals surface area (Å²) >= 11 is 1.49. The molecule has 98 valence electrons. The summed E-state index contributed by atoms with van der Waals surface area (Å²) in [5.41, 5.74) is 1.72. The lowest BCUT2D eigenvalue weighted by molar-refractivity contribution is 0.0579. The highest BCUT2D eigenvalue weighted by Gasteiger charge is 2.12. The van der Waals surface area contributed by atoms with Crippen molar-refractivity contribution in [2.45, 2.75) is 0 Å². The maximum Gasteiger partial charge on any atom is 0.338 e. The minimum absolute atomic E-state index is 0.266. The molecule has 0 amide bonds. The second-order valence-electron chi connectivity index (χ2n) is 3.98. The maximum absolute atomic E-state index is 11.6. The van der Waals surface area contributed by atoms with E-state index in [0.29, 0.717) is 11.5 Å². The number of carbonyl (C=O) groups excluding carboxylic acids is 1. The molecule has 0 spiro atoms. The second kappa shape index (κ2) is 6.66. The van der Waals surface area contributed by atoms with Crippen LogP contribution in [0.3, 0.4) is 0 Å². The highest BCUT2D eigenvalue weighted by Crippen LogP contribution is 2.17. The zero-order valence-electron chi connectivity index (χ0n) is 10.4. The fraction of sp³-hybridized carbons (Fsp3) is 0.462. The first-order valence-electron chi connectivity index (χ1n) is 5.90. The fourth-order valence-corrected chi connectivity index (χ4v) is 2.05. The maximum atomic E-state index is 11.6. The van der Waals surface area contributed by atoms with Crippen molar-refractivity contribution in [1.82, 2.24) is 0 Å². The number of hydrogen-bond donors (Lipinski definition) is 0. The molecule has 0 aromatic heterocycles. The van der Waals surface area contributed by atoms with E-state index in [1.54, 1.807) is 0 Å². The molecule has 1 aliphatic rings. The number of morpholine rings is 1. The summed E-state index contributed by atoms with van der Waals surface area (Å²) in [6.07, 6.45) is 1.90. The summed E-state index contributed by atoms with van der Waals surface area (Å²) in [4.78, 5) is 13.9. The number of ether oxygens (including phenoxy) is 2. The van der Waals surface area contributed by atoms with Crippen LogP contribution in [-0.4, -0.2) is 44.5 Å². The Kier molecular flexibility index (Phi) is 4.90. The molecule has 4 nitrogen and oxygen atoms in total. The van der Waals surface area contributed by atoms with E-state index in [2.05, 4.69) is 4.90 Å². The lowest BCUT2D eigenvalue weighted by Gasteiger charge is -2.28. The van der Waals surface area contributed by atoms with Crippen LogP contribution in [0.15, 0.2) is 24.3 Å². The van der Waals surface area contributed by atoms with Gasteiger partial charge in [-0.1, -0.05) is 0 Å². The molecule has 1 saturated heterocycles. The molecule has 5 heteroatoms. The summed E-state index contributed by atoms with van der Waals surface area (Å²) in [6.45, 7) is 3.32. The minimum atomic E-state index is -0.266. The van der Waals surface area contributed by atoms with Gasteiger partial charge in [-0.05, 0) is 30.5 Å². The first kappa shape index (κ1) is 13.2. The van der Waals surface area contributed by atoms with Gasteiger partial charge in [-0.2, -0.15) is 0 Å². The van der Waals surface area contributed by atoms with Crippen LogP contribution in [0, 0.1) is 0 Å². The van der Waals surface area contributed by atoms with Crippen LogP contribution in [0.2, 0.25) is 0 Å². The van der Waals surface area contributed by atoms with Crippen LogP contribution in [0.4, 0.5) is 5.69 Å². The molecule has 0 atom stereocenters. The van der Waals surface area contributed by atoms with Crippen molar-refractivity contribution in [2.75, 3.05) is 43.4 Å². The standard InChI is InChI=1S/C13H17NO3S/c1-18-10-17-13(15)11-2-4-12(5-3-11)14-6-8-16-9-7-14/h2-5H,6-10H2,1H3. The molecule has 1 fully saturated rings. The van der Waals surface area contributed by atoms with Crippen molar-refractivity contribution in [2.24, 2.45) is 0 Å². The van der Waals surface area contributed by atoms with Gasteiger partial charge < -0.3 is 14.4 Å². The van der Waals surface area contributed by atoms with Crippen molar-refractivity contribution in [1.29, 1.82) is 0 Å². The number of thioether (sulfide) groups is 1. The normalized spacial score (nSPS) is 15.5. The van der Waals surface area contributed by atoms with E-state index in [0.717, 1.165) is 32.0 Å². The van der Waals surface area contributed by atoms with Crippen molar-refractivity contribution in [3.05, 3.63) is 29.8 Å². The van der Waals surface area contributed by atoms with Crippen LogP contribution in [0.5, 0.6) is 0 Å². The predicted octanol–water partition coefficient (Wildman–Crippen LogP) is 2.00. The predicted molar refractivity (Wildman–Crippen MR) is 73.3 cm³/mol. The lowest BCUT2D eigenvalue weighted by Crippen LogP contribution is -2.36. The number of anilines is 1. The molecule has 2 rings (SSSR count). The number of hydrogen-bond acceptors (Lipinski definition) is 5. The topological polar surface area (TPSA) is 38.8 Å². The van der Waals surface area contributed by atoms with Crippen LogP contribution in [0.1, 0.15) is 10.4 Å². The van der Waals surface area contributed by atoms with Crippen LogP contribution in [-0.2, 0) is 9.47 Å². The highest BCUT2D eigenvalue weighted by molar-refractivity contribution is 7.98. The molecule has 1 aromatic carbocycles. The van der Waals surface area contributed by atoms with Gasteiger partial charge in [-0.25, -0.2) is 4.79 Å². The number of nitrogens with zero attached hydrogens (tertiary/aromatic N) is 1. The van der Waals surface area contributed by atoms with Crippen LogP contribution < -0.4 is 4.90 Å². The summed E-state index contributed by atoms with van der Waals surface area (Å²) in [5.74, 6) is 0.127. The van der Waals surface area contributed by atoms with E-state index in [1.807, 2.05) is 30.5 Å². The molecule has 0 N–H and O–H groups in total. The minimum Gasteiger partial charge on any atom is -0.451 e. The quantitative estimate of drug-likeness (QED) is 0.616. The number of rotatable bonds is 4. The van der Waals surface area contributed by atoms with E-state index < -0.39 is 0 Å². The van der Waals surface area contributed by atoms with Gasteiger partial charge in [0.05, 0.1) is 18.8 Å². The molecule has 0 aliphatic carbocycles. The van der Waals surface area contributed by atoms with Crippen molar-refractivity contribution in [3.63, 3.8) is 0 Å². The summed E-state index contributed by atoms with van der Waals surface area (Å²) in [6, 6.07) is 7.54. The zero-order valence-corrected chi connectivity index (χ0v) is 11.2. The largest absolute Gasteiger partial charge is 0.451 e. The van der Waals surface area contributed by atoms with Gasteiger partial charge in [0.15, 0.2) is 0 Å². The first-order chi connectivity index (χ1) is 8.81. The second-order valence-corrected chi connectivity index (χ2v) is 4.80. The van der Waals surface area contributed by atoms with Crippen molar-refractivity contribution < 1.29 is 14.3 Å². The van der Waals surface area contributed by atoms with Crippen LogP contribution >= 0.6 is 11.8 Å². The van der Waals surface area contributed by atoms with Gasteiger partial charge in [-0.3, -0.25) is 0 Å². The Hall–Kier alpha value is -1.20. The molecule has 0 bridgehead atoms. The molecule has 18 heavy (non-hydrogen) atoms. The van der Waals surface area contributed by atoms with E-state index >= 15 is 0 Å². The van der Waals surface area contributed by atoms with Crippen LogP contribution in [0.25, 0.3) is 0 Å². The monoisotopic (exact) mass is 267 g/mol. The van der Waals surface area contributed by atoms with Gasteiger partial charge in [0.2, 0.25) is 0 Å². The number of esters is 1. The van der Waals surface area contributed by atoms with E-state index in [-0.39, 0.29) is 5.97 Å². The molecule has 1 heterocycles. The molecular weight excluding hydrogens is 250 g/mol. The first-order valence-corrected chi connectivity index (χ1v) is 7.29. The zero-order chi connectivity index (χ0) is 12.8. The smallest absolute Gasteiger partial charge is 0.338 e. The average Bonchev–Trinajstić information content (AvgIpc) is 2.46. The van der Waals surface area contributed by atoms with E-state index in [1.165, 1.54) is 11.8 Å². The Balaban J connectivity index is 1.98. The summed E-state index contributed by atoms with van der Waals surface area (Å²) in [5, 5.41) is 0. The Labute approximate surface area is 111 Å². The lowest BCUT2D eigenvalue weighted by atomic mass is 10.2. The molecule has 1 aliphatic heterocycles. The number of carbonyl (C=O) groups is 1. The summed E-state index contributed by atoms with van der Waals surface area (Å²) < 4.78 is 10.4. The Morgan fingerprint density at radius 1 is 1.33 bits per heavy atom. The Bertz CT molecular complexity index is 388. The average molecular weight is 267 g/mol. The third-order valence-electron chi connectivity index (χ3n) is 2.79. The number of benzene rings is 1. The molecular formula is C13H17NO3S. The fourth-order valence-electron chi connectivity index (χ4n) is 1.83. The van der Waals surface area contributed by atoms with Crippen molar-refractivity contribution >= 4 is 23.4 Å². The Morgan fingerprint density at radius 2 is 2.00 bits per heavy atom. The van der Waals surface area contributed by atoms with Gasteiger partial charge >= 0.3 is 5.97 Å². The molecule has 1 aromatic rings. The molecule has 0 saturated carbocycles. The van der Waals surface area contributed by atoms with E-state index in [9.17, 15) is 4.79 Å². The SMILES string of the molecule is CSCOC(=O)c1ccc(N2CCOCC2)cc1. The highest BCUT2D eigenvalue weighted by atomic mass is 32.2. The van der Waals surface area contributed by atoms with Gasteiger partial charge in [0, 0.05) is 18.8 Å². The molecule has 0 radical (unpaired) electrons. The van der Waals surface area contributed by atoms with Gasteiger partial charge in [0.1, 0.15) is 5.94 Å². The van der Waals surface area contributed by atoms with Gasteiger partial charge in [0.25, 0.3) is 0 Å². The Morgan fingerprint density at radius 3 is 2.61 bits per heavy atom. The molecule has 0 unspecified atom stereocenters. The van der Waals surface area contributed by atoms with E-state index in [4.69, 9.17) is 9.47 Å². The summed E-state index contributed by atoms with van der Waals surface area (Å²) in [7, 11) is 0.